The van der Waals surface area contributed by atoms with Gasteiger partial charge in [-0.2, -0.15) is 0 Å². The average Bonchev–Trinajstić information content (AvgIpc) is 2.15. The molecule has 0 bridgehead atoms. The van der Waals surface area contributed by atoms with Gasteiger partial charge in [-0.3, -0.25) is 9.59 Å². The first kappa shape index (κ1) is 13.0. The van der Waals surface area contributed by atoms with Crippen LogP contribution in [0.15, 0.2) is 0 Å². The van der Waals surface area contributed by atoms with Gasteiger partial charge >= 0.3 is 0 Å². The molecular weight excluding hydrogens is 204 g/mol. The molecule has 0 radical (unpaired) electrons. The molecule has 2 amide bonds. The van der Waals surface area contributed by atoms with E-state index in [0.717, 1.165) is 25.9 Å². The third-order valence-electron chi connectivity index (χ3n) is 2.96. The Hall–Kier alpha value is -1.06. The van der Waals surface area contributed by atoms with Gasteiger partial charge in [-0.1, -0.05) is 19.3 Å². The number of nitrogens with zero attached hydrogens (tertiary/aromatic N) is 1. The smallest absolute Gasteiger partial charge is 0.244 e. The van der Waals surface area contributed by atoms with Crippen molar-refractivity contribution in [3.8, 4) is 0 Å². The van der Waals surface area contributed by atoms with Crippen molar-refractivity contribution in [1.82, 2.24) is 10.2 Å². The van der Waals surface area contributed by atoms with Gasteiger partial charge in [0.25, 0.3) is 0 Å². The molecule has 1 rings (SSSR count). The van der Waals surface area contributed by atoms with Gasteiger partial charge in [-0.15, -0.1) is 0 Å². The Morgan fingerprint density at radius 2 is 1.56 bits per heavy atom. The van der Waals surface area contributed by atoms with Gasteiger partial charge in [0.1, 0.15) is 6.04 Å². The average molecular weight is 226 g/mol. The summed E-state index contributed by atoms with van der Waals surface area (Å²) in [6.07, 6.45) is 5.86. The van der Waals surface area contributed by atoms with Crippen molar-refractivity contribution in [3.63, 3.8) is 0 Å². The maximum atomic E-state index is 12.0. The highest BCUT2D eigenvalue weighted by Crippen LogP contribution is 2.11. The van der Waals surface area contributed by atoms with Gasteiger partial charge in [0.2, 0.25) is 11.8 Å². The Balaban J connectivity index is 2.46. The molecule has 4 nitrogen and oxygen atoms in total. The largest absolute Gasteiger partial charge is 0.345 e. The van der Waals surface area contributed by atoms with E-state index in [4.69, 9.17) is 0 Å². The van der Waals surface area contributed by atoms with Crippen LogP contribution in [0.2, 0.25) is 0 Å². The van der Waals surface area contributed by atoms with Crippen LogP contribution in [0.4, 0.5) is 0 Å². The molecule has 0 aromatic carbocycles. The number of carbonyl (C=O) groups is 2. The van der Waals surface area contributed by atoms with Gasteiger partial charge in [-0.25, -0.2) is 0 Å². The number of likely N-dealkylation sites (tertiary alicyclic amines) is 1. The number of amides is 2. The summed E-state index contributed by atoms with van der Waals surface area (Å²) in [7, 11) is 0. The third-order valence-corrected chi connectivity index (χ3v) is 2.96. The zero-order chi connectivity index (χ0) is 12.0. The van der Waals surface area contributed by atoms with Crippen molar-refractivity contribution in [1.29, 1.82) is 0 Å². The molecule has 1 aliphatic heterocycles. The lowest BCUT2D eigenvalue weighted by molar-refractivity contribution is -0.135. The molecular formula is C12H22N2O2. The molecule has 0 aromatic rings. The van der Waals surface area contributed by atoms with Gasteiger partial charge in [0.15, 0.2) is 0 Å². The second kappa shape index (κ2) is 6.51. The summed E-state index contributed by atoms with van der Waals surface area (Å²) in [4.78, 5) is 24.8. The first-order chi connectivity index (χ1) is 7.61. The normalized spacial score (nSPS) is 19.5. The summed E-state index contributed by atoms with van der Waals surface area (Å²) < 4.78 is 0. The van der Waals surface area contributed by atoms with Crippen LogP contribution >= 0.6 is 0 Å². The monoisotopic (exact) mass is 226 g/mol. The molecule has 1 saturated heterocycles. The van der Waals surface area contributed by atoms with Crippen LogP contribution in [0, 0.1) is 0 Å². The Labute approximate surface area is 97.4 Å². The molecule has 1 heterocycles. The standard InChI is InChI=1S/C12H22N2O2/c1-10(13-11(2)15)12(16)14-8-6-4-3-5-7-9-14/h10H,3-9H2,1-2H3,(H,13,15)/t10-/m1/s1. The fourth-order valence-corrected chi connectivity index (χ4v) is 2.11. The number of rotatable bonds is 2. The molecule has 0 unspecified atom stereocenters. The van der Waals surface area contributed by atoms with Gasteiger partial charge < -0.3 is 10.2 Å². The van der Waals surface area contributed by atoms with Crippen LogP contribution < -0.4 is 5.32 Å². The summed E-state index contributed by atoms with van der Waals surface area (Å²) >= 11 is 0. The van der Waals surface area contributed by atoms with Gasteiger partial charge in [0, 0.05) is 20.0 Å². The van der Waals surface area contributed by atoms with E-state index in [1.807, 2.05) is 4.90 Å². The lowest BCUT2D eigenvalue weighted by atomic mass is 10.1. The van der Waals surface area contributed by atoms with E-state index in [1.54, 1.807) is 6.92 Å². The number of carbonyl (C=O) groups excluding carboxylic acids is 2. The molecule has 1 atom stereocenters. The van der Waals surface area contributed by atoms with Crippen LogP contribution in [-0.4, -0.2) is 35.8 Å². The minimum Gasteiger partial charge on any atom is -0.345 e. The van der Waals surface area contributed by atoms with Crippen molar-refractivity contribution in [2.45, 2.75) is 52.0 Å². The Morgan fingerprint density at radius 1 is 1.06 bits per heavy atom. The molecule has 16 heavy (non-hydrogen) atoms. The van der Waals surface area contributed by atoms with Crippen LogP contribution in [0.3, 0.4) is 0 Å². The molecule has 0 saturated carbocycles. The van der Waals surface area contributed by atoms with Gasteiger partial charge in [0.05, 0.1) is 0 Å². The predicted octanol–water partition coefficient (Wildman–Crippen LogP) is 1.30. The molecule has 1 N–H and O–H groups in total. The fraction of sp³-hybridized carbons (Fsp3) is 0.833. The van der Waals surface area contributed by atoms with Crippen molar-refractivity contribution >= 4 is 11.8 Å². The minimum atomic E-state index is -0.392. The summed E-state index contributed by atoms with van der Waals surface area (Å²) in [6, 6.07) is -0.392. The van der Waals surface area contributed by atoms with E-state index < -0.39 is 6.04 Å². The van der Waals surface area contributed by atoms with E-state index in [9.17, 15) is 9.59 Å². The van der Waals surface area contributed by atoms with Crippen molar-refractivity contribution in [2.24, 2.45) is 0 Å². The second-order valence-electron chi connectivity index (χ2n) is 4.52. The molecule has 4 heteroatoms. The van der Waals surface area contributed by atoms with Crippen LogP contribution in [0.5, 0.6) is 0 Å². The van der Waals surface area contributed by atoms with E-state index in [-0.39, 0.29) is 11.8 Å². The molecule has 0 aliphatic carbocycles. The van der Waals surface area contributed by atoms with E-state index in [2.05, 4.69) is 5.32 Å². The number of hydrogen-bond acceptors (Lipinski definition) is 2. The highest BCUT2D eigenvalue weighted by molar-refractivity contribution is 5.86. The molecule has 0 aromatic heterocycles. The molecule has 92 valence electrons. The first-order valence-electron chi connectivity index (χ1n) is 6.17. The van der Waals surface area contributed by atoms with Gasteiger partial charge in [-0.05, 0) is 19.8 Å². The van der Waals surface area contributed by atoms with Crippen molar-refractivity contribution in [3.05, 3.63) is 0 Å². The third kappa shape index (κ3) is 4.21. The minimum absolute atomic E-state index is 0.0529. The van der Waals surface area contributed by atoms with E-state index >= 15 is 0 Å². The first-order valence-corrected chi connectivity index (χ1v) is 6.17. The highest BCUT2D eigenvalue weighted by Gasteiger charge is 2.21. The summed E-state index contributed by atoms with van der Waals surface area (Å²) in [6.45, 7) is 4.87. The zero-order valence-electron chi connectivity index (χ0n) is 10.3. The lowest BCUT2D eigenvalue weighted by Crippen LogP contribution is -2.47. The Kier molecular flexibility index (Phi) is 5.29. The van der Waals surface area contributed by atoms with Crippen molar-refractivity contribution in [2.75, 3.05) is 13.1 Å². The number of hydrogen-bond donors (Lipinski definition) is 1. The number of nitrogens with one attached hydrogen (secondary N) is 1. The summed E-state index contributed by atoms with van der Waals surface area (Å²) in [5, 5.41) is 2.65. The van der Waals surface area contributed by atoms with Crippen molar-refractivity contribution < 1.29 is 9.59 Å². The summed E-state index contributed by atoms with van der Waals surface area (Å²) in [5.41, 5.74) is 0. The van der Waals surface area contributed by atoms with E-state index in [0.29, 0.717) is 0 Å². The highest BCUT2D eigenvalue weighted by atomic mass is 16.2. The van der Waals surface area contributed by atoms with Crippen LogP contribution in [0.25, 0.3) is 0 Å². The molecule has 0 spiro atoms. The van der Waals surface area contributed by atoms with Crippen LogP contribution in [0.1, 0.15) is 46.0 Å². The fourth-order valence-electron chi connectivity index (χ4n) is 2.11. The second-order valence-corrected chi connectivity index (χ2v) is 4.52. The Bertz CT molecular complexity index is 245. The molecule has 1 fully saturated rings. The SMILES string of the molecule is CC(=O)N[C@H](C)C(=O)N1CCCCCCC1. The van der Waals surface area contributed by atoms with Crippen LogP contribution in [-0.2, 0) is 9.59 Å². The quantitative estimate of drug-likeness (QED) is 0.771. The maximum absolute atomic E-state index is 12.0. The topological polar surface area (TPSA) is 49.4 Å². The lowest BCUT2D eigenvalue weighted by Gasteiger charge is -2.27. The Morgan fingerprint density at radius 3 is 2.06 bits per heavy atom. The predicted molar refractivity (Wildman–Crippen MR) is 62.9 cm³/mol. The zero-order valence-corrected chi connectivity index (χ0v) is 10.3. The summed E-state index contributed by atoms with van der Waals surface area (Å²) in [5.74, 6) is -0.0926. The molecule has 1 aliphatic rings. The maximum Gasteiger partial charge on any atom is 0.244 e. The van der Waals surface area contributed by atoms with E-state index in [1.165, 1.54) is 26.2 Å².